The van der Waals surface area contributed by atoms with E-state index in [-0.39, 0.29) is 36.8 Å². The Kier molecular flexibility index (Phi) is 4.99. The normalized spacial score (nSPS) is 41.8. The molecule has 7 heteroatoms. The Morgan fingerprint density at radius 3 is 2.21 bits per heavy atom. The van der Waals surface area contributed by atoms with Crippen molar-refractivity contribution in [3.63, 3.8) is 0 Å². The van der Waals surface area contributed by atoms with Crippen LogP contribution in [0.25, 0.3) is 0 Å². The molecule has 3 aliphatic heterocycles. The summed E-state index contributed by atoms with van der Waals surface area (Å²) in [6.45, 7) is 13.8. The molecule has 0 spiro atoms. The summed E-state index contributed by atoms with van der Waals surface area (Å²) < 4.78 is 41.4. The third-order valence-corrected chi connectivity index (χ3v) is 4.24. The molecule has 3 aliphatic rings. The lowest BCUT2D eigenvalue weighted by molar-refractivity contribution is -0.256. The quantitative estimate of drug-likeness (QED) is 0.707. The van der Waals surface area contributed by atoms with Gasteiger partial charge in [0, 0.05) is 0 Å². The molecule has 0 saturated carbocycles. The fourth-order valence-corrected chi connectivity index (χ4v) is 3.47. The monoisotopic (exact) mass is 346 g/mol. The van der Waals surface area contributed by atoms with Crippen LogP contribution in [0.2, 0.25) is 0 Å². The minimum atomic E-state index is -0.698. The highest BCUT2D eigenvalue weighted by Crippen LogP contribution is 2.42. The average Bonchev–Trinajstić information content (AvgIpc) is 3.00. The van der Waals surface area contributed by atoms with Crippen LogP contribution in [0.15, 0.2) is 0 Å². The second-order valence-corrected chi connectivity index (χ2v) is 7.79. The van der Waals surface area contributed by atoms with Crippen LogP contribution in [0.3, 0.4) is 0 Å². The maximum atomic E-state index is 6.13. The number of fused-ring (bicyclic) bond motifs is 1. The van der Waals surface area contributed by atoms with Gasteiger partial charge in [-0.25, -0.2) is 0 Å². The lowest BCUT2D eigenvalue weighted by Gasteiger charge is -2.31. The summed E-state index contributed by atoms with van der Waals surface area (Å²) in [6, 6.07) is 0. The Morgan fingerprint density at radius 2 is 1.62 bits per heavy atom. The number of rotatable bonds is 5. The number of hydrogen-bond acceptors (Lipinski definition) is 7. The molecule has 140 valence electrons. The molecule has 0 bridgehead atoms. The fraction of sp³-hybridized carbons (Fsp3) is 1.00. The Labute approximate surface area is 143 Å². The van der Waals surface area contributed by atoms with Gasteiger partial charge in [-0.2, -0.15) is 0 Å². The van der Waals surface area contributed by atoms with E-state index in [1.165, 1.54) is 0 Å². The van der Waals surface area contributed by atoms with Gasteiger partial charge >= 0.3 is 0 Å². The lowest BCUT2D eigenvalue weighted by Crippen LogP contribution is -2.46. The second kappa shape index (κ2) is 6.46. The first-order valence-electron chi connectivity index (χ1n) is 8.70. The van der Waals surface area contributed by atoms with Crippen LogP contribution in [-0.2, 0) is 33.2 Å². The molecule has 24 heavy (non-hydrogen) atoms. The van der Waals surface area contributed by atoms with Crippen LogP contribution in [-0.4, -0.2) is 61.3 Å². The maximum absolute atomic E-state index is 6.13. The van der Waals surface area contributed by atoms with E-state index in [1.54, 1.807) is 0 Å². The molecule has 0 aromatic carbocycles. The molecule has 3 rings (SSSR count). The van der Waals surface area contributed by atoms with Gasteiger partial charge in [0.2, 0.25) is 0 Å². The summed E-state index contributed by atoms with van der Waals surface area (Å²) in [5, 5.41) is 0. The largest absolute Gasteiger partial charge is 0.350 e. The van der Waals surface area contributed by atoms with Gasteiger partial charge in [0.05, 0.1) is 12.7 Å². The summed E-state index contributed by atoms with van der Waals surface area (Å²) in [7, 11) is 0. The van der Waals surface area contributed by atoms with Gasteiger partial charge < -0.3 is 33.2 Å². The number of ether oxygens (including phenoxy) is 7. The predicted molar refractivity (Wildman–Crippen MR) is 84.2 cm³/mol. The zero-order valence-electron chi connectivity index (χ0n) is 15.6. The van der Waals surface area contributed by atoms with Gasteiger partial charge in [-0.3, -0.25) is 0 Å². The molecule has 0 aliphatic carbocycles. The van der Waals surface area contributed by atoms with E-state index in [4.69, 9.17) is 33.2 Å². The molecule has 6 atom stereocenters. The highest BCUT2D eigenvalue weighted by atomic mass is 16.9. The van der Waals surface area contributed by atoms with Crippen LogP contribution in [0.5, 0.6) is 0 Å². The van der Waals surface area contributed by atoms with Crippen molar-refractivity contribution >= 4 is 0 Å². The van der Waals surface area contributed by atoms with E-state index in [2.05, 4.69) is 0 Å². The molecule has 0 aromatic heterocycles. The zero-order valence-corrected chi connectivity index (χ0v) is 15.6. The summed E-state index contributed by atoms with van der Waals surface area (Å²) in [5.41, 5.74) is 0. The average molecular weight is 346 g/mol. The summed E-state index contributed by atoms with van der Waals surface area (Å²) in [4.78, 5) is 0. The first kappa shape index (κ1) is 18.5. The highest BCUT2D eigenvalue weighted by molar-refractivity contribution is 4.98. The van der Waals surface area contributed by atoms with Crippen LogP contribution >= 0.6 is 0 Å². The van der Waals surface area contributed by atoms with Crippen LogP contribution in [0.4, 0.5) is 0 Å². The van der Waals surface area contributed by atoms with E-state index in [0.29, 0.717) is 6.61 Å². The minimum Gasteiger partial charge on any atom is -0.350 e. The molecule has 3 fully saturated rings. The van der Waals surface area contributed by atoms with E-state index >= 15 is 0 Å². The second-order valence-electron chi connectivity index (χ2n) is 7.79. The first-order valence-corrected chi connectivity index (χ1v) is 8.70. The van der Waals surface area contributed by atoms with Crippen molar-refractivity contribution in [2.24, 2.45) is 0 Å². The molecule has 3 saturated heterocycles. The lowest BCUT2D eigenvalue weighted by atomic mass is 10.1. The van der Waals surface area contributed by atoms with Crippen molar-refractivity contribution in [1.29, 1.82) is 0 Å². The summed E-state index contributed by atoms with van der Waals surface area (Å²) in [6.07, 6.45) is -2.05. The SMILES string of the molecule is CC(C)OC(C)O[C@@H]1[C@H]2OC(C)(C)O[C@H]2O[C@@H]1C1COC(C)(C)O1. The van der Waals surface area contributed by atoms with E-state index in [0.717, 1.165) is 0 Å². The van der Waals surface area contributed by atoms with Crippen LogP contribution in [0, 0.1) is 0 Å². The Balaban J connectivity index is 1.73. The van der Waals surface area contributed by atoms with Gasteiger partial charge in [0.25, 0.3) is 0 Å². The Hall–Kier alpha value is -0.280. The standard InChI is InChI=1S/C17H30O7/c1-9(2)19-10(3)20-13-12(11-8-18-16(4,5)22-11)21-15-14(13)23-17(6,7)24-15/h9-15H,8H2,1-7H3/t10?,11?,12-,13+,14-,15-/m1/s1. The van der Waals surface area contributed by atoms with Gasteiger partial charge in [-0.15, -0.1) is 0 Å². The molecule has 3 heterocycles. The topological polar surface area (TPSA) is 64.6 Å². The third-order valence-electron chi connectivity index (χ3n) is 4.24. The van der Waals surface area contributed by atoms with Crippen molar-refractivity contribution in [2.45, 2.75) is 103 Å². The zero-order chi connectivity index (χ0) is 17.7. The molecular formula is C17H30O7. The maximum Gasteiger partial charge on any atom is 0.190 e. The highest BCUT2D eigenvalue weighted by Gasteiger charge is 2.59. The third kappa shape index (κ3) is 3.93. The van der Waals surface area contributed by atoms with Crippen LogP contribution < -0.4 is 0 Å². The summed E-state index contributed by atoms with van der Waals surface area (Å²) >= 11 is 0. The molecule has 2 unspecified atom stereocenters. The smallest absolute Gasteiger partial charge is 0.190 e. The van der Waals surface area contributed by atoms with Crippen molar-refractivity contribution in [2.75, 3.05) is 6.61 Å². The van der Waals surface area contributed by atoms with E-state index in [1.807, 2.05) is 48.5 Å². The van der Waals surface area contributed by atoms with Crippen molar-refractivity contribution < 1.29 is 33.2 Å². The molecule has 0 aromatic rings. The minimum absolute atomic E-state index is 0.0683. The van der Waals surface area contributed by atoms with Crippen molar-refractivity contribution in [3.05, 3.63) is 0 Å². The van der Waals surface area contributed by atoms with Gasteiger partial charge in [0.1, 0.15) is 24.4 Å². The van der Waals surface area contributed by atoms with Gasteiger partial charge in [-0.05, 0) is 48.5 Å². The molecule has 0 N–H and O–H groups in total. The molecule has 0 radical (unpaired) electrons. The Morgan fingerprint density at radius 1 is 0.917 bits per heavy atom. The van der Waals surface area contributed by atoms with Gasteiger partial charge in [0.15, 0.2) is 24.2 Å². The number of hydrogen-bond donors (Lipinski definition) is 0. The van der Waals surface area contributed by atoms with Crippen LogP contribution in [0.1, 0.15) is 48.5 Å². The Bertz CT molecular complexity index is 450. The van der Waals surface area contributed by atoms with E-state index in [9.17, 15) is 0 Å². The van der Waals surface area contributed by atoms with Gasteiger partial charge in [-0.1, -0.05) is 0 Å². The molecule has 0 amide bonds. The molecule has 7 nitrogen and oxygen atoms in total. The fourth-order valence-electron chi connectivity index (χ4n) is 3.47. The van der Waals surface area contributed by atoms with Crippen molar-refractivity contribution in [3.8, 4) is 0 Å². The predicted octanol–water partition coefficient (Wildman–Crippen LogP) is 2.17. The first-order chi connectivity index (χ1) is 11.1. The summed E-state index contributed by atoms with van der Waals surface area (Å²) in [5.74, 6) is -1.33. The molecular weight excluding hydrogens is 316 g/mol. The van der Waals surface area contributed by atoms with E-state index < -0.39 is 17.9 Å². The van der Waals surface area contributed by atoms with Crippen molar-refractivity contribution in [1.82, 2.24) is 0 Å².